The van der Waals surface area contributed by atoms with Crippen LogP contribution >= 0.6 is 0 Å². The molecule has 132 heavy (non-hydrogen) atoms. The number of hydrogen-bond acceptors (Lipinski definition) is 11. The smallest absolute Gasteiger partial charge is 0.426 e. The number of aliphatic hydroxyl groups excluding tert-OH is 1. The monoisotopic (exact) mass is 1980 g/mol. The summed E-state index contributed by atoms with van der Waals surface area (Å²) in [6, 6.07) is 0. The van der Waals surface area contributed by atoms with Crippen LogP contribution in [0.4, 0.5) is 149 Å². The van der Waals surface area contributed by atoms with Crippen molar-refractivity contribution in [3.05, 3.63) is 0 Å². The molecular weight excluding hydrogens is 1870 g/mol. The zero-order valence-corrected chi connectivity index (χ0v) is 74.5. The number of carbonyl (C=O) groups excluding carboxylic acids is 3. The molecule has 0 amide bonds. The second-order valence-electron chi connectivity index (χ2n) is 43.2. The number of fused-ring (bicyclic) bond motifs is 8. The number of rotatable bonds is 17. The predicted molar refractivity (Wildman–Crippen MR) is 400 cm³/mol. The molecule has 0 heterocycles. The van der Waals surface area contributed by atoms with E-state index >= 15 is 4.39 Å². The van der Waals surface area contributed by atoms with Gasteiger partial charge >= 0.3 is 79.7 Å². The van der Waals surface area contributed by atoms with Gasteiger partial charge in [-0.15, -0.1) is 0 Å². The molecule has 16 fully saturated rings. The molecule has 16 bridgehead atoms. The molecule has 23 unspecified atom stereocenters. The van der Waals surface area contributed by atoms with Crippen molar-refractivity contribution in [3.63, 3.8) is 0 Å². The van der Waals surface area contributed by atoms with E-state index in [2.05, 4.69) is 0 Å². The van der Waals surface area contributed by atoms with Crippen molar-refractivity contribution >= 4 is 17.9 Å². The minimum atomic E-state index is -6.25. The molecule has 0 saturated heterocycles. The second-order valence-corrected chi connectivity index (χ2v) is 43.2. The van der Waals surface area contributed by atoms with Gasteiger partial charge in [0.15, 0.2) is 10.8 Å². The van der Waals surface area contributed by atoms with E-state index in [1.807, 2.05) is 20.8 Å². The Balaban J connectivity index is 0.000000189. The first-order valence-electron chi connectivity index (χ1n) is 44.5. The number of carbonyl (C=O) groups is 3. The van der Waals surface area contributed by atoms with Crippen LogP contribution in [0.5, 0.6) is 0 Å². The highest BCUT2D eigenvalue weighted by molar-refractivity contribution is 5.84. The van der Waals surface area contributed by atoms with Crippen LogP contribution in [-0.2, 0) is 28.6 Å². The molecule has 16 rings (SSSR count). The van der Waals surface area contributed by atoms with Gasteiger partial charge in [0, 0.05) is 38.5 Å². The molecule has 770 valence electrons. The summed E-state index contributed by atoms with van der Waals surface area (Å²) in [7, 11) is 0. The molecule has 16 aliphatic carbocycles. The van der Waals surface area contributed by atoms with Gasteiger partial charge in [-0.25, -0.2) is 22.4 Å². The molecule has 0 aromatic carbocycles. The lowest BCUT2D eigenvalue weighted by molar-refractivity contribution is -0.390. The molecule has 16 saturated carbocycles. The van der Waals surface area contributed by atoms with Crippen molar-refractivity contribution in [1.29, 1.82) is 0 Å². The van der Waals surface area contributed by atoms with Gasteiger partial charge in [0.25, 0.3) is 17.1 Å². The summed E-state index contributed by atoms with van der Waals surface area (Å²) in [4.78, 5) is 38.9. The Labute approximate surface area is 740 Å². The molecule has 0 spiro atoms. The van der Waals surface area contributed by atoms with Gasteiger partial charge in [-0.1, -0.05) is 55.4 Å². The van der Waals surface area contributed by atoms with Gasteiger partial charge in [-0.2, -0.15) is 132 Å². The molecule has 0 radical (unpaired) electrons. The Morgan fingerprint density at radius 1 is 0.386 bits per heavy atom. The topological polar surface area (TPSA) is 180 Å². The fraction of sp³-hybridized carbons (Fsp3) is 0.966. The third kappa shape index (κ3) is 20.2. The van der Waals surface area contributed by atoms with Crippen LogP contribution in [0, 0.1) is 140 Å². The Kier molecular flexibility index (Phi) is 30.0. The first kappa shape index (κ1) is 111. The Bertz CT molecular complexity index is 3850. The maximum Gasteiger partial charge on any atom is 0.426 e. The number of esters is 3. The lowest BCUT2D eigenvalue weighted by atomic mass is 9.49. The summed E-state index contributed by atoms with van der Waals surface area (Å²) in [6.45, 7) is 13.7. The van der Waals surface area contributed by atoms with Crippen molar-refractivity contribution in [2.24, 2.45) is 140 Å². The molecule has 45 heteroatoms. The largest absolute Gasteiger partial charge is 0.458 e. The van der Waals surface area contributed by atoms with Gasteiger partial charge in [0.1, 0.15) is 29.9 Å². The van der Waals surface area contributed by atoms with Gasteiger partial charge in [-0.05, 0) is 269 Å². The SMILES string of the molecule is CC(F)(F)CC(F)(F)F.CC1(OC(=O)C(C)(CF)C(F)(F)F)CC2CCC1C2.CC1C2CC(C1C)C(CC(O)(C(F)(F)F)C(F)(F)F)(C(F)(F)F)C2.CC1C2CC(C1C)C(CC(O)(C(F)(F)F)C(F)(F)F)(C(F)(F)F)C2.CC1C2CC(C1C)C(CO)(C(F)(F)F)C2.CCC1(OC(=O)C(CC)(CC(C)(F)C(=O)OC23CC4CC(O)(CC(O)(C4)C2)C3)C(F)(F)F)C2CC3CC(C2)CC1C3. The summed E-state index contributed by atoms with van der Waals surface area (Å²) >= 11 is 0. The first-order valence-corrected chi connectivity index (χ1v) is 44.5. The average molecular weight is 1990 g/mol. The van der Waals surface area contributed by atoms with Crippen LogP contribution in [0.25, 0.3) is 0 Å². The van der Waals surface area contributed by atoms with E-state index in [0.717, 1.165) is 58.3 Å². The fourth-order valence-corrected chi connectivity index (χ4v) is 27.7. The van der Waals surface area contributed by atoms with Gasteiger partial charge in [-0.3, -0.25) is 9.59 Å². The molecular formula is C87H118F34O11. The number of aliphatic hydroxyl groups is 5. The summed E-state index contributed by atoms with van der Waals surface area (Å²) in [5, 5.41) is 49.7. The van der Waals surface area contributed by atoms with Crippen LogP contribution in [-0.4, -0.2) is 169 Å². The van der Waals surface area contributed by atoms with E-state index in [-0.39, 0.29) is 98.7 Å². The van der Waals surface area contributed by atoms with Crippen molar-refractivity contribution < 1.29 is 203 Å². The van der Waals surface area contributed by atoms with Gasteiger partial charge in [0.2, 0.25) is 5.67 Å². The number of hydrogen-bond donors (Lipinski definition) is 5. The second kappa shape index (κ2) is 35.5. The molecule has 0 aliphatic heterocycles. The average Bonchev–Trinajstić information content (AvgIpc) is 1.45. The Morgan fingerprint density at radius 2 is 0.758 bits per heavy atom. The van der Waals surface area contributed by atoms with E-state index in [4.69, 9.17) is 19.3 Å². The number of alkyl halides is 34. The maximum atomic E-state index is 16.3. The fourth-order valence-electron chi connectivity index (χ4n) is 27.7. The Morgan fingerprint density at radius 3 is 1.02 bits per heavy atom. The molecule has 0 aromatic rings. The standard InChI is InChI=1S/C31H44F4O6.2C14H17F9O.C13H18F4O2.C11H17F3O.C4H5F5/c1-4-29(31(33,34)35,24(37)41-30(5-2)21-7-18-6-19(9-21)10-22(30)8-18)14-25(3,32)23(36)40-28-13-20-11-26(38,16-28)15-27(39,12-20)17-28;2*1-6-7(2)9-3-8(6)4-10(9,12(15,16)17)5-11(24,13(18,19)20)14(21,22)23;1-11(7-14,13(15,16)17)10(18)19-12(2)6-8-3-4-9(12)5-8;1-6-7(2)9-3-8(6)4-10(9,5-15)11(12,13)14;1-3(5,6)2-4(7,8)9/h18-22,38-39H,4-17H2,1-3H3;2*6-9,24H,3-5H2,1-2H3;8-9H,3-7H2,1-2H3;6-9,15H,3-5H2,1-2H3;2H2,1H3. The lowest BCUT2D eigenvalue weighted by Gasteiger charge is -2.62. The van der Waals surface area contributed by atoms with E-state index in [1.54, 1.807) is 20.8 Å². The van der Waals surface area contributed by atoms with Gasteiger partial charge < -0.3 is 39.7 Å². The third-order valence-corrected chi connectivity index (χ3v) is 34.8. The maximum absolute atomic E-state index is 16.3. The minimum Gasteiger partial charge on any atom is -0.458 e. The van der Waals surface area contributed by atoms with Crippen LogP contribution in [0.3, 0.4) is 0 Å². The van der Waals surface area contributed by atoms with Gasteiger partial charge in [0.05, 0.1) is 34.1 Å². The normalized spacial score (nSPS) is 40.4. The highest BCUT2D eigenvalue weighted by atomic mass is 19.5. The van der Waals surface area contributed by atoms with E-state index < -0.39 is 251 Å². The summed E-state index contributed by atoms with van der Waals surface area (Å²) in [6.07, 6.45) is -55.3. The van der Waals surface area contributed by atoms with Crippen LogP contribution in [0.15, 0.2) is 0 Å². The molecule has 23 atom stereocenters. The predicted octanol–water partition coefficient (Wildman–Crippen LogP) is 25.2. The summed E-state index contributed by atoms with van der Waals surface area (Å²) < 4.78 is 461. The van der Waals surface area contributed by atoms with E-state index in [1.165, 1.54) is 20.8 Å². The zero-order valence-electron chi connectivity index (χ0n) is 74.5. The molecule has 11 nitrogen and oxygen atoms in total. The lowest BCUT2D eigenvalue weighted by Crippen LogP contribution is -2.67. The van der Waals surface area contributed by atoms with Crippen LogP contribution < -0.4 is 0 Å². The number of halogens is 34. The quantitative estimate of drug-likeness (QED) is 0.0531. The Hall–Kier alpha value is -4.17. The molecule has 0 aromatic heterocycles. The highest BCUT2D eigenvalue weighted by Crippen LogP contribution is 2.74. The van der Waals surface area contributed by atoms with Crippen LogP contribution in [0.2, 0.25) is 0 Å². The summed E-state index contributed by atoms with van der Waals surface area (Å²) in [5.41, 5.74) is -34.2. The third-order valence-electron chi connectivity index (χ3n) is 34.8. The number of ether oxygens (including phenoxy) is 3. The molecule has 16 aliphatic rings. The van der Waals surface area contributed by atoms with E-state index in [9.17, 15) is 180 Å². The van der Waals surface area contributed by atoms with Crippen molar-refractivity contribution in [1.82, 2.24) is 0 Å². The minimum absolute atomic E-state index is 0.00461. The van der Waals surface area contributed by atoms with Crippen LogP contribution in [0.1, 0.15) is 256 Å². The van der Waals surface area contributed by atoms with Crippen molar-refractivity contribution in [2.75, 3.05) is 13.3 Å². The highest BCUT2D eigenvalue weighted by Gasteiger charge is 2.82. The first-order chi connectivity index (χ1) is 59.0. The van der Waals surface area contributed by atoms with E-state index in [0.29, 0.717) is 69.1 Å². The summed E-state index contributed by atoms with van der Waals surface area (Å²) in [5.74, 6) is -12.2. The molecule has 5 N–H and O–H groups in total. The zero-order chi connectivity index (χ0) is 101. The van der Waals surface area contributed by atoms with Crippen molar-refractivity contribution in [3.8, 4) is 0 Å². The van der Waals surface area contributed by atoms with Crippen molar-refractivity contribution in [2.45, 2.75) is 369 Å².